The normalized spacial score (nSPS) is 11.7. The molecule has 2 N–H and O–H groups in total. The molecule has 0 spiro atoms. The van der Waals surface area contributed by atoms with Gasteiger partial charge in [-0.15, -0.1) is 0 Å². The minimum absolute atomic E-state index is 0.172. The number of amides is 2. The minimum atomic E-state index is -3.35. The van der Waals surface area contributed by atoms with Crippen LogP contribution in [0.1, 0.15) is 31.8 Å². The second-order valence-electron chi connectivity index (χ2n) is 12.9. The molecule has 0 aliphatic rings. The van der Waals surface area contributed by atoms with Gasteiger partial charge in [-0.3, -0.25) is 9.59 Å². The molecule has 272 valence electrons. The molecule has 6 aromatic rings. The Kier molecular flexibility index (Phi) is 9.91. The summed E-state index contributed by atoms with van der Waals surface area (Å²) >= 11 is 0. The largest absolute Gasteiger partial charge is 0.457 e. The van der Waals surface area contributed by atoms with Gasteiger partial charge in [0, 0.05) is 61.5 Å². The van der Waals surface area contributed by atoms with Gasteiger partial charge in [0.25, 0.3) is 11.8 Å². The lowest BCUT2D eigenvalue weighted by atomic mass is 10.0. The van der Waals surface area contributed by atoms with Gasteiger partial charge in [0.05, 0.1) is 32.3 Å². The van der Waals surface area contributed by atoms with Crippen LogP contribution in [0.4, 0.5) is 11.4 Å². The van der Waals surface area contributed by atoms with Gasteiger partial charge in [-0.1, -0.05) is 24.3 Å². The van der Waals surface area contributed by atoms with E-state index in [-0.39, 0.29) is 21.6 Å². The molecule has 4 aromatic carbocycles. The Morgan fingerprint density at radius 1 is 0.566 bits per heavy atom. The molecular weight excluding hydrogens is 713 g/mol. The summed E-state index contributed by atoms with van der Waals surface area (Å²) in [6.45, 7) is 3.75. The van der Waals surface area contributed by atoms with E-state index in [9.17, 15) is 26.4 Å². The summed E-state index contributed by atoms with van der Waals surface area (Å²) in [5, 5.41) is 5.70. The van der Waals surface area contributed by atoms with Crippen molar-refractivity contribution in [2.24, 2.45) is 14.1 Å². The molecule has 0 aliphatic heterocycles. The molecule has 0 radical (unpaired) electrons. The van der Waals surface area contributed by atoms with Crippen molar-refractivity contribution in [2.45, 2.75) is 23.6 Å². The fourth-order valence-corrected chi connectivity index (χ4v) is 7.57. The topological polar surface area (TPSA) is 146 Å². The van der Waals surface area contributed by atoms with E-state index in [0.29, 0.717) is 34.0 Å². The number of aromatic nitrogens is 2. The number of nitrogens with one attached hydrogen (secondary N) is 2. The van der Waals surface area contributed by atoms with Crippen LogP contribution in [0.5, 0.6) is 11.5 Å². The highest BCUT2D eigenvalue weighted by Crippen LogP contribution is 2.34. The summed E-state index contributed by atoms with van der Waals surface area (Å²) < 4.78 is 57.3. The second kappa shape index (κ2) is 14.2. The van der Waals surface area contributed by atoms with Crippen LogP contribution in [0.15, 0.2) is 119 Å². The Hall–Kier alpha value is -5.92. The first-order valence-electron chi connectivity index (χ1n) is 16.4. The quantitative estimate of drug-likeness (QED) is 0.148. The Bertz CT molecular complexity index is 2420. The molecule has 53 heavy (non-hydrogen) atoms. The predicted octanol–water partition coefficient (Wildman–Crippen LogP) is 7.42. The van der Waals surface area contributed by atoms with Gasteiger partial charge in [-0.05, 0) is 97.8 Å². The van der Waals surface area contributed by atoms with Crippen LogP contribution < -0.4 is 15.4 Å². The Morgan fingerprint density at radius 3 is 1.26 bits per heavy atom. The first kappa shape index (κ1) is 36.9. The van der Waals surface area contributed by atoms with Gasteiger partial charge >= 0.3 is 0 Å². The third kappa shape index (κ3) is 7.96. The molecule has 0 unspecified atom stereocenters. The zero-order valence-electron chi connectivity index (χ0n) is 30.0. The lowest BCUT2D eigenvalue weighted by Gasteiger charge is -2.12. The molecule has 0 saturated heterocycles. The van der Waals surface area contributed by atoms with E-state index in [1.165, 1.54) is 24.3 Å². The zero-order chi connectivity index (χ0) is 38.2. The van der Waals surface area contributed by atoms with E-state index in [4.69, 9.17) is 4.74 Å². The first-order valence-corrected chi connectivity index (χ1v) is 20.2. The Balaban J connectivity index is 1.19. The third-order valence-corrected chi connectivity index (χ3v) is 11.1. The standard InChI is InChI=1S/C40H38N4O7S2/c1-25-35(39(45)41-29-13-17-33(18-14-29)52(5,47)48)23-43(3)37(25)27-9-7-11-31(21-27)51-32-12-8-10-28(22-32)38-26(2)36(24-44(38)4)40(46)42-30-15-19-34(20-16-30)53(6,49)50/h7-24H,1-6H3,(H,41,45)(H,42,46). The van der Waals surface area contributed by atoms with Crippen molar-refractivity contribution < 1.29 is 31.2 Å². The lowest BCUT2D eigenvalue weighted by Crippen LogP contribution is -2.12. The van der Waals surface area contributed by atoms with Gasteiger partial charge in [0.2, 0.25) is 0 Å². The number of anilines is 2. The van der Waals surface area contributed by atoms with Crippen LogP contribution in [0.25, 0.3) is 22.5 Å². The van der Waals surface area contributed by atoms with Gasteiger partial charge in [-0.25, -0.2) is 16.8 Å². The number of aryl methyl sites for hydroxylation is 2. The summed E-state index contributed by atoms with van der Waals surface area (Å²) in [6.07, 6.45) is 5.78. The Labute approximate surface area is 308 Å². The molecule has 0 saturated carbocycles. The predicted molar refractivity (Wildman–Crippen MR) is 206 cm³/mol. The summed E-state index contributed by atoms with van der Waals surface area (Å²) in [6, 6.07) is 27.2. The number of hydrogen-bond donors (Lipinski definition) is 2. The molecule has 0 bridgehead atoms. The zero-order valence-corrected chi connectivity index (χ0v) is 31.6. The van der Waals surface area contributed by atoms with Crippen molar-refractivity contribution in [1.29, 1.82) is 0 Å². The van der Waals surface area contributed by atoms with Crippen molar-refractivity contribution in [3.63, 3.8) is 0 Å². The maximum Gasteiger partial charge on any atom is 0.257 e. The number of ether oxygens (including phenoxy) is 1. The molecule has 11 nitrogen and oxygen atoms in total. The van der Waals surface area contributed by atoms with Crippen LogP contribution in [0.2, 0.25) is 0 Å². The van der Waals surface area contributed by atoms with Crippen LogP contribution >= 0.6 is 0 Å². The number of hydrogen-bond acceptors (Lipinski definition) is 7. The van der Waals surface area contributed by atoms with Crippen molar-refractivity contribution in [3.8, 4) is 34.0 Å². The average molecular weight is 751 g/mol. The molecule has 0 aliphatic carbocycles. The van der Waals surface area contributed by atoms with Crippen molar-refractivity contribution in [1.82, 2.24) is 9.13 Å². The number of benzene rings is 4. The summed E-state index contributed by atoms with van der Waals surface area (Å²) in [4.78, 5) is 26.9. The Morgan fingerprint density at radius 2 is 0.925 bits per heavy atom. The van der Waals surface area contributed by atoms with E-state index < -0.39 is 19.7 Å². The summed E-state index contributed by atoms with van der Waals surface area (Å²) in [5.41, 5.74) is 6.79. The van der Waals surface area contributed by atoms with Crippen LogP contribution in [0.3, 0.4) is 0 Å². The van der Waals surface area contributed by atoms with E-state index in [1.807, 2.05) is 85.6 Å². The second-order valence-corrected chi connectivity index (χ2v) is 16.9. The van der Waals surface area contributed by atoms with Crippen LogP contribution in [0, 0.1) is 13.8 Å². The maximum absolute atomic E-state index is 13.3. The van der Waals surface area contributed by atoms with Crippen molar-refractivity contribution in [3.05, 3.63) is 132 Å². The molecular formula is C40H38N4O7S2. The maximum atomic E-state index is 13.3. The highest BCUT2D eigenvalue weighted by Gasteiger charge is 2.21. The monoisotopic (exact) mass is 750 g/mol. The van der Waals surface area contributed by atoms with E-state index in [0.717, 1.165) is 46.2 Å². The van der Waals surface area contributed by atoms with Crippen LogP contribution in [-0.2, 0) is 33.8 Å². The van der Waals surface area contributed by atoms with Crippen molar-refractivity contribution in [2.75, 3.05) is 23.1 Å². The van der Waals surface area contributed by atoms with Gasteiger partial charge in [-0.2, -0.15) is 0 Å². The van der Waals surface area contributed by atoms with Gasteiger partial charge in [0.15, 0.2) is 19.7 Å². The minimum Gasteiger partial charge on any atom is -0.457 e. The van der Waals surface area contributed by atoms with Gasteiger partial charge < -0.3 is 24.5 Å². The third-order valence-electron chi connectivity index (χ3n) is 8.89. The smallest absolute Gasteiger partial charge is 0.257 e. The number of nitrogens with zero attached hydrogens (tertiary/aromatic N) is 2. The molecule has 0 fully saturated rings. The first-order chi connectivity index (χ1) is 25.0. The number of sulfone groups is 2. The number of rotatable bonds is 10. The van der Waals surface area contributed by atoms with E-state index in [2.05, 4.69) is 10.6 Å². The fourth-order valence-electron chi connectivity index (χ4n) is 6.31. The summed E-state index contributed by atoms with van der Waals surface area (Å²) in [7, 11) is -2.97. The molecule has 2 amide bonds. The number of carbonyl (C=O) groups excluding carboxylic acids is 2. The highest BCUT2D eigenvalue weighted by molar-refractivity contribution is 7.91. The van der Waals surface area contributed by atoms with Gasteiger partial charge in [0.1, 0.15) is 11.5 Å². The van der Waals surface area contributed by atoms with Crippen molar-refractivity contribution >= 4 is 42.9 Å². The van der Waals surface area contributed by atoms with Crippen LogP contribution in [-0.4, -0.2) is 50.3 Å². The average Bonchev–Trinajstić information content (AvgIpc) is 3.57. The molecule has 6 rings (SSSR count). The highest BCUT2D eigenvalue weighted by atomic mass is 32.2. The molecule has 0 atom stereocenters. The fraction of sp³-hybridized carbons (Fsp3) is 0.150. The molecule has 2 aromatic heterocycles. The SMILES string of the molecule is Cc1c(C(=O)Nc2ccc(S(C)(=O)=O)cc2)cn(C)c1-c1cccc(Oc2cccc(-c3c(C)c(C(=O)Nc4ccc(S(C)(=O)=O)cc4)cn3C)c2)c1. The van der Waals surface area contributed by atoms with E-state index in [1.54, 1.807) is 36.7 Å². The van der Waals surface area contributed by atoms with E-state index >= 15 is 0 Å². The molecule has 2 heterocycles. The summed E-state index contributed by atoms with van der Waals surface area (Å²) in [5.74, 6) is 0.534. The number of carbonyl (C=O) groups is 2. The molecule has 13 heteroatoms. The lowest BCUT2D eigenvalue weighted by molar-refractivity contribution is 0.101.